The summed E-state index contributed by atoms with van der Waals surface area (Å²) in [5, 5.41) is 22.2. The van der Waals surface area contributed by atoms with Crippen molar-refractivity contribution in [1.82, 2.24) is 5.32 Å². The van der Waals surface area contributed by atoms with E-state index in [1.165, 1.54) is 12.1 Å². The van der Waals surface area contributed by atoms with E-state index in [1.807, 2.05) is 0 Å². The van der Waals surface area contributed by atoms with Crippen LogP contribution < -0.4 is 5.32 Å². The summed E-state index contributed by atoms with van der Waals surface area (Å²) in [5.41, 5.74) is 0.488. The molecule has 0 saturated carbocycles. The van der Waals surface area contributed by atoms with E-state index >= 15 is 0 Å². The summed E-state index contributed by atoms with van der Waals surface area (Å²) >= 11 is 0. The van der Waals surface area contributed by atoms with E-state index in [2.05, 4.69) is 5.32 Å². The highest BCUT2D eigenvalue weighted by Gasteiger charge is 2.30. The minimum absolute atomic E-state index is 0.236. The van der Waals surface area contributed by atoms with Crippen molar-refractivity contribution in [1.29, 1.82) is 0 Å². The van der Waals surface area contributed by atoms with Crippen molar-refractivity contribution < 1.29 is 19.0 Å². The molecule has 1 aliphatic rings. The monoisotopic (exact) mass is 243 g/mol. The maximum Gasteiger partial charge on any atom is 0.126 e. The summed E-state index contributed by atoms with van der Waals surface area (Å²) in [4.78, 5) is 0. The summed E-state index contributed by atoms with van der Waals surface area (Å²) < 4.78 is 26.0. The van der Waals surface area contributed by atoms with E-state index < -0.39 is 23.8 Å². The van der Waals surface area contributed by atoms with Gasteiger partial charge >= 0.3 is 0 Å². The molecule has 2 rings (SSSR count). The standard InChI is InChI=1S/C12H15F2NO2/c13-9-2-7(3-10(14)4-9)1-8-5-15-6-11(16)12(8)17/h2-4,8,11-12,15-17H,1,5-6H2/t8-,11+,12+/m0/s1. The Morgan fingerprint density at radius 3 is 2.41 bits per heavy atom. The van der Waals surface area contributed by atoms with Crippen molar-refractivity contribution in [2.45, 2.75) is 18.6 Å². The molecular weight excluding hydrogens is 228 g/mol. The molecule has 5 heteroatoms. The van der Waals surface area contributed by atoms with Gasteiger partial charge in [-0.05, 0) is 24.1 Å². The van der Waals surface area contributed by atoms with Crippen molar-refractivity contribution in [2.24, 2.45) is 5.92 Å². The topological polar surface area (TPSA) is 52.5 Å². The summed E-state index contributed by atoms with van der Waals surface area (Å²) in [5.74, 6) is -1.49. The Balaban J connectivity index is 2.09. The lowest BCUT2D eigenvalue weighted by Gasteiger charge is -2.32. The third-order valence-electron chi connectivity index (χ3n) is 3.06. The van der Waals surface area contributed by atoms with Gasteiger partial charge < -0.3 is 15.5 Å². The highest BCUT2D eigenvalue weighted by Crippen LogP contribution is 2.19. The molecule has 0 aliphatic carbocycles. The second-order valence-corrected chi connectivity index (χ2v) is 4.46. The van der Waals surface area contributed by atoms with Crippen molar-refractivity contribution in [3.63, 3.8) is 0 Å². The Morgan fingerprint density at radius 1 is 1.12 bits per heavy atom. The number of benzene rings is 1. The summed E-state index contributed by atoms with van der Waals surface area (Å²) in [7, 11) is 0. The van der Waals surface area contributed by atoms with Crippen LogP contribution in [0, 0.1) is 17.6 Å². The molecule has 94 valence electrons. The maximum atomic E-state index is 13.0. The first kappa shape index (κ1) is 12.4. The zero-order chi connectivity index (χ0) is 12.4. The zero-order valence-corrected chi connectivity index (χ0v) is 9.24. The van der Waals surface area contributed by atoms with E-state index in [1.54, 1.807) is 0 Å². The van der Waals surface area contributed by atoms with E-state index in [9.17, 15) is 19.0 Å². The van der Waals surface area contributed by atoms with Crippen molar-refractivity contribution in [2.75, 3.05) is 13.1 Å². The third kappa shape index (κ3) is 3.00. The van der Waals surface area contributed by atoms with E-state index in [-0.39, 0.29) is 5.92 Å². The van der Waals surface area contributed by atoms with Crippen LogP contribution in [0.25, 0.3) is 0 Å². The summed E-state index contributed by atoms with van der Waals surface area (Å²) in [6.07, 6.45) is -1.35. The quantitative estimate of drug-likeness (QED) is 0.707. The molecule has 1 heterocycles. The number of rotatable bonds is 2. The second kappa shape index (κ2) is 5.08. The van der Waals surface area contributed by atoms with Gasteiger partial charge in [-0.1, -0.05) is 0 Å². The van der Waals surface area contributed by atoms with Gasteiger partial charge in [0.25, 0.3) is 0 Å². The number of hydrogen-bond acceptors (Lipinski definition) is 3. The summed E-state index contributed by atoms with van der Waals surface area (Å²) in [6, 6.07) is 3.31. The van der Waals surface area contributed by atoms with Crippen LogP contribution in [0.1, 0.15) is 5.56 Å². The number of halogens is 2. The molecule has 3 atom stereocenters. The number of nitrogens with one attached hydrogen (secondary N) is 1. The van der Waals surface area contributed by atoms with Gasteiger partial charge in [0.15, 0.2) is 0 Å². The lowest BCUT2D eigenvalue weighted by molar-refractivity contribution is -0.0346. The first-order chi connectivity index (χ1) is 8.06. The fourth-order valence-corrected chi connectivity index (χ4v) is 2.20. The number of hydrogen-bond donors (Lipinski definition) is 3. The van der Waals surface area contributed by atoms with Crippen molar-refractivity contribution in [3.05, 3.63) is 35.4 Å². The van der Waals surface area contributed by atoms with Crippen LogP contribution in [0.2, 0.25) is 0 Å². The van der Waals surface area contributed by atoms with Gasteiger partial charge in [0.1, 0.15) is 11.6 Å². The number of piperidine rings is 1. The minimum atomic E-state index is -0.859. The fraction of sp³-hybridized carbons (Fsp3) is 0.500. The molecule has 3 N–H and O–H groups in total. The van der Waals surface area contributed by atoms with Gasteiger partial charge in [0.05, 0.1) is 12.2 Å². The van der Waals surface area contributed by atoms with Crippen LogP contribution in [0.3, 0.4) is 0 Å². The predicted molar refractivity (Wildman–Crippen MR) is 58.4 cm³/mol. The predicted octanol–water partition coefficient (Wildman–Crippen LogP) is 0.448. The Labute approximate surface area is 98.1 Å². The Hall–Kier alpha value is -1.04. The highest BCUT2D eigenvalue weighted by molar-refractivity contribution is 5.19. The molecule has 3 nitrogen and oxygen atoms in total. The third-order valence-corrected chi connectivity index (χ3v) is 3.06. The second-order valence-electron chi connectivity index (χ2n) is 4.46. The van der Waals surface area contributed by atoms with E-state index in [0.717, 1.165) is 6.07 Å². The average Bonchev–Trinajstić information content (AvgIpc) is 2.23. The van der Waals surface area contributed by atoms with Gasteiger partial charge in [-0.15, -0.1) is 0 Å². The van der Waals surface area contributed by atoms with Crippen LogP contribution in [-0.2, 0) is 6.42 Å². The molecule has 0 unspecified atom stereocenters. The molecule has 0 amide bonds. The summed E-state index contributed by atoms with van der Waals surface area (Å²) in [6.45, 7) is 0.867. The molecule has 0 spiro atoms. The molecule has 17 heavy (non-hydrogen) atoms. The Kier molecular flexibility index (Phi) is 3.71. The van der Waals surface area contributed by atoms with Crippen LogP contribution in [0.15, 0.2) is 18.2 Å². The number of aliphatic hydroxyl groups is 2. The van der Waals surface area contributed by atoms with Crippen LogP contribution in [-0.4, -0.2) is 35.5 Å². The first-order valence-corrected chi connectivity index (χ1v) is 5.58. The fourth-order valence-electron chi connectivity index (χ4n) is 2.20. The van der Waals surface area contributed by atoms with Crippen LogP contribution in [0.5, 0.6) is 0 Å². The SMILES string of the molecule is O[C@@H]1[C@@H](Cc2cc(F)cc(F)c2)CNC[C@H]1O. The molecule has 1 aromatic carbocycles. The number of β-amino-alcohol motifs (C(OH)–C–C–N with tert-alkyl or cyclic N) is 1. The van der Waals surface area contributed by atoms with Gasteiger partial charge in [-0.2, -0.15) is 0 Å². The Morgan fingerprint density at radius 2 is 1.76 bits per heavy atom. The maximum absolute atomic E-state index is 13.0. The van der Waals surface area contributed by atoms with Gasteiger partial charge in [-0.25, -0.2) is 8.78 Å². The van der Waals surface area contributed by atoms with Crippen molar-refractivity contribution >= 4 is 0 Å². The molecule has 1 aromatic rings. The lowest BCUT2D eigenvalue weighted by atomic mass is 9.88. The average molecular weight is 243 g/mol. The van der Waals surface area contributed by atoms with Crippen LogP contribution >= 0.6 is 0 Å². The van der Waals surface area contributed by atoms with E-state index in [4.69, 9.17) is 0 Å². The lowest BCUT2D eigenvalue weighted by Crippen LogP contribution is -2.51. The molecule has 1 aliphatic heterocycles. The largest absolute Gasteiger partial charge is 0.390 e. The van der Waals surface area contributed by atoms with Gasteiger partial charge in [0.2, 0.25) is 0 Å². The molecule has 0 aromatic heterocycles. The van der Waals surface area contributed by atoms with Gasteiger partial charge in [-0.3, -0.25) is 0 Å². The molecular formula is C12H15F2NO2. The smallest absolute Gasteiger partial charge is 0.126 e. The molecule has 1 fully saturated rings. The molecule has 0 bridgehead atoms. The van der Waals surface area contributed by atoms with Gasteiger partial charge in [0, 0.05) is 25.1 Å². The van der Waals surface area contributed by atoms with Crippen molar-refractivity contribution in [3.8, 4) is 0 Å². The highest BCUT2D eigenvalue weighted by atomic mass is 19.1. The first-order valence-electron chi connectivity index (χ1n) is 5.58. The van der Waals surface area contributed by atoms with E-state index in [0.29, 0.717) is 25.1 Å². The zero-order valence-electron chi connectivity index (χ0n) is 9.24. The normalized spacial score (nSPS) is 29.3. The van der Waals surface area contributed by atoms with Crippen LogP contribution in [0.4, 0.5) is 8.78 Å². The Bertz CT molecular complexity index is 380. The number of aliphatic hydroxyl groups excluding tert-OH is 2. The molecule has 0 radical (unpaired) electrons. The molecule has 1 saturated heterocycles. The minimum Gasteiger partial charge on any atom is -0.390 e.